The second kappa shape index (κ2) is 5.59. The molecule has 0 saturated carbocycles. The van der Waals surface area contributed by atoms with Crippen LogP contribution in [-0.4, -0.2) is 44.3 Å². The molecule has 3 heterocycles. The zero-order chi connectivity index (χ0) is 13.2. The third-order valence-electron chi connectivity index (χ3n) is 4.63. The maximum Gasteiger partial charge on any atom is 0.146 e. The van der Waals surface area contributed by atoms with Crippen molar-refractivity contribution < 1.29 is 0 Å². The minimum absolute atomic E-state index is 0.718. The van der Waals surface area contributed by atoms with Crippen molar-refractivity contribution in [2.24, 2.45) is 7.05 Å². The first-order valence-corrected chi connectivity index (χ1v) is 7.59. The molecule has 0 aromatic carbocycles. The van der Waals surface area contributed by atoms with E-state index in [1.54, 1.807) is 6.33 Å². The average molecular weight is 263 g/mol. The number of hydrogen-bond donors (Lipinski definition) is 1. The van der Waals surface area contributed by atoms with Crippen molar-refractivity contribution in [3.63, 3.8) is 0 Å². The molecule has 2 fully saturated rings. The molecule has 19 heavy (non-hydrogen) atoms. The van der Waals surface area contributed by atoms with Crippen LogP contribution in [0.15, 0.2) is 6.33 Å². The van der Waals surface area contributed by atoms with Gasteiger partial charge >= 0.3 is 0 Å². The first-order valence-electron chi connectivity index (χ1n) is 7.59. The Hall–Kier alpha value is -0.940. The Morgan fingerprint density at radius 1 is 1.37 bits per heavy atom. The van der Waals surface area contributed by atoms with E-state index in [1.807, 2.05) is 11.6 Å². The number of nitrogens with zero attached hydrogens (tertiary/aromatic N) is 4. The van der Waals surface area contributed by atoms with Gasteiger partial charge in [-0.15, -0.1) is 10.2 Å². The van der Waals surface area contributed by atoms with Crippen LogP contribution in [0.1, 0.15) is 44.9 Å². The van der Waals surface area contributed by atoms with E-state index in [-0.39, 0.29) is 0 Å². The molecule has 5 heteroatoms. The Morgan fingerprint density at radius 2 is 2.11 bits per heavy atom. The minimum atomic E-state index is 0.718. The van der Waals surface area contributed by atoms with Crippen LogP contribution in [0.2, 0.25) is 0 Å². The van der Waals surface area contributed by atoms with Crippen molar-refractivity contribution in [2.75, 3.05) is 6.54 Å². The van der Waals surface area contributed by atoms with E-state index >= 15 is 0 Å². The number of fused-ring (bicyclic) bond motifs is 2. The quantitative estimate of drug-likeness (QED) is 0.870. The summed E-state index contributed by atoms with van der Waals surface area (Å²) in [7, 11) is 2.03. The number of aromatic nitrogens is 3. The number of rotatable bonds is 5. The van der Waals surface area contributed by atoms with Crippen LogP contribution in [0.3, 0.4) is 0 Å². The largest absolute Gasteiger partial charge is 0.320 e. The molecule has 2 aliphatic rings. The van der Waals surface area contributed by atoms with Crippen LogP contribution in [0.5, 0.6) is 0 Å². The lowest BCUT2D eigenvalue weighted by Crippen LogP contribution is -2.48. The van der Waals surface area contributed by atoms with Gasteiger partial charge in [-0.1, -0.05) is 6.92 Å². The summed E-state index contributed by atoms with van der Waals surface area (Å²) in [5, 5.41) is 12.0. The molecule has 0 radical (unpaired) electrons. The third kappa shape index (κ3) is 2.82. The lowest BCUT2D eigenvalue weighted by atomic mass is 9.98. The van der Waals surface area contributed by atoms with Crippen LogP contribution in [0, 0.1) is 0 Å². The van der Waals surface area contributed by atoms with Gasteiger partial charge in [0.2, 0.25) is 0 Å². The fraction of sp³-hybridized carbons (Fsp3) is 0.857. The average Bonchev–Trinajstić information content (AvgIpc) is 2.95. The number of piperidine rings is 1. The predicted octanol–water partition coefficient (Wildman–Crippen LogP) is 1.31. The van der Waals surface area contributed by atoms with E-state index in [0.29, 0.717) is 0 Å². The van der Waals surface area contributed by atoms with E-state index in [2.05, 4.69) is 27.3 Å². The molecule has 0 amide bonds. The Kier molecular flexibility index (Phi) is 3.84. The SMILES string of the molecule is CCCN(Cc1nncn1C)C1CC2CCC(C1)N2. The second-order valence-corrected chi connectivity index (χ2v) is 6.09. The van der Waals surface area contributed by atoms with Gasteiger partial charge in [-0.05, 0) is 38.6 Å². The highest BCUT2D eigenvalue weighted by Gasteiger charge is 2.36. The molecule has 2 atom stereocenters. The molecule has 2 aliphatic heterocycles. The molecule has 2 bridgehead atoms. The molecule has 2 unspecified atom stereocenters. The highest BCUT2D eigenvalue weighted by atomic mass is 15.3. The van der Waals surface area contributed by atoms with Gasteiger partial charge in [-0.25, -0.2) is 0 Å². The lowest BCUT2D eigenvalue weighted by Gasteiger charge is -2.37. The lowest BCUT2D eigenvalue weighted by molar-refractivity contribution is 0.129. The summed E-state index contributed by atoms with van der Waals surface area (Å²) in [5.41, 5.74) is 0. The summed E-state index contributed by atoms with van der Waals surface area (Å²) in [6.07, 6.45) is 8.33. The summed E-state index contributed by atoms with van der Waals surface area (Å²) < 4.78 is 2.04. The molecule has 5 nitrogen and oxygen atoms in total. The fourth-order valence-electron chi connectivity index (χ4n) is 3.64. The van der Waals surface area contributed by atoms with Crippen LogP contribution >= 0.6 is 0 Å². The third-order valence-corrected chi connectivity index (χ3v) is 4.63. The number of hydrogen-bond acceptors (Lipinski definition) is 4. The van der Waals surface area contributed by atoms with Gasteiger partial charge in [0.1, 0.15) is 12.2 Å². The van der Waals surface area contributed by atoms with Crippen LogP contribution in [-0.2, 0) is 13.6 Å². The zero-order valence-corrected chi connectivity index (χ0v) is 12.0. The highest BCUT2D eigenvalue weighted by Crippen LogP contribution is 2.30. The highest BCUT2D eigenvalue weighted by molar-refractivity contribution is 4.97. The summed E-state index contributed by atoms with van der Waals surface area (Å²) in [6.45, 7) is 4.37. The molecular formula is C14H25N5. The van der Waals surface area contributed by atoms with Crippen LogP contribution in [0.4, 0.5) is 0 Å². The Bertz CT molecular complexity index is 404. The van der Waals surface area contributed by atoms with Gasteiger partial charge in [-0.2, -0.15) is 0 Å². The van der Waals surface area contributed by atoms with E-state index in [9.17, 15) is 0 Å². The maximum atomic E-state index is 4.24. The molecule has 1 aromatic heterocycles. The summed E-state index contributed by atoms with van der Waals surface area (Å²) in [6, 6.07) is 2.22. The van der Waals surface area contributed by atoms with Gasteiger partial charge in [-0.3, -0.25) is 4.90 Å². The first kappa shape index (κ1) is 13.1. The molecule has 2 saturated heterocycles. The Morgan fingerprint density at radius 3 is 2.68 bits per heavy atom. The molecule has 1 aromatic rings. The van der Waals surface area contributed by atoms with Crippen LogP contribution < -0.4 is 5.32 Å². The van der Waals surface area contributed by atoms with Crippen molar-refractivity contribution in [2.45, 2.75) is 63.7 Å². The molecular weight excluding hydrogens is 238 g/mol. The zero-order valence-electron chi connectivity index (χ0n) is 12.0. The van der Waals surface area contributed by atoms with Gasteiger partial charge in [0.15, 0.2) is 0 Å². The van der Waals surface area contributed by atoms with Gasteiger partial charge in [0.05, 0.1) is 6.54 Å². The van der Waals surface area contributed by atoms with E-state index < -0.39 is 0 Å². The standard InChI is InChI=1S/C14H25N5/c1-3-6-19(9-14-17-15-10-18(14)2)13-7-11-4-5-12(8-13)16-11/h10-13,16H,3-9H2,1-2H3. The summed E-state index contributed by atoms with van der Waals surface area (Å²) in [4.78, 5) is 2.62. The first-order chi connectivity index (χ1) is 9.26. The van der Waals surface area contributed by atoms with E-state index in [0.717, 1.165) is 37.0 Å². The predicted molar refractivity (Wildman–Crippen MR) is 74.7 cm³/mol. The van der Waals surface area contributed by atoms with Crippen molar-refractivity contribution >= 4 is 0 Å². The van der Waals surface area contributed by atoms with Crippen molar-refractivity contribution in [1.29, 1.82) is 0 Å². The topological polar surface area (TPSA) is 46.0 Å². The second-order valence-electron chi connectivity index (χ2n) is 6.09. The molecule has 1 N–H and O–H groups in total. The van der Waals surface area contributed by atoms with Gasteiger partial charge in [0, 0.05) is 25.2 Å². The van der Waals surface area contributed by atoms with Gasteiger partial charge < -0.3 is 9.88 Å². The summed E-state index contributed by atoms with van der Waals surface area (Å²) >= 11 is 0. The molecule has 106 valence electrons. The maximum absolute atomic E-state index is 4.24. The Balaban J connectivity index is 1.68. The normalized spacial score (nSPS) is 30.2. The monoisotopic (exact) mass is 263 g/mol. The van der Waals surface area contributed by atoms with Crippen molar-refractivity contribution in [1.82, 2.24) is 25.0 Å². The smallest absolute Gasteiger partial charge is 0.146 e. The van der Waals surface area contributed by atoms with Crippen LogP contribution in [0.25, 0.3) is 0 Å². The van der Waals surface area contributed by atoms with E-state index in [1.165, 1.54) is 32.1 Å². The minimum Gasteiger partial charge on any atom is -0.320 e. The van der Waals surface area contributed by atoms with E-state index in [4.69, 9.17) is 0 Å². The molecule has 3 rings (SSSR count). The Labute approximate surface area is 115 Å². The number of aryl methyl sites for hydroxylation is 1. The molecule has 0 aliphatic carbocycles. The number of nitrogens with one attached hydrogen (secondary N) is 1. The van der Waals surface area contributed by atoms with Crippen molar-refractivity contribution in [3.05, 3.63) is 12.2 Å². The van der Waals surface area contributed by atoms with Gasteiger partial charge in [0.25, 0.3) is 0 Å². The van der Waals surface area contributed by atoms with Crippen molar-refractivity contribution in [3.8, 4) is 0 Å². The summed E-state index contributed by atoms with van der Waals surface area (Å²) in [5.74, 6) is 1.08. The fourth-order valence-corrected chi connectivity index (χ4v) is 3.64. The molecule has 0 spiro atoms.